The van der Waals surface area contributed by atoms with Crippen molar-refractivity contribution in [1.82, 2.24) is 5.32 Å². The molecular formula is C18H19FN2O5. The molecule has 138 valence electrons. The van der Waals surface area contributed by atoms with Crippen LogP contribution in [0.3, 0.4) is 0 Å². The van der Waals surface area contributed by atoms with Gasteiger partial charge in [0.1, 0.15) is 11.9 Å². The van der Waals surface area contributed by atoms with Crippen molar-refractivity contribution in [2.75, 3.05) is 11.9 Å². The molecule has 0 bridgehead atoms. The largest absolute Gasteiger partial charge is 0.459 e. The van der Waals surface area contributed by atoms with Crippen molar-refractivity contribution in [2.45, 2.75) is 19.9 Å². The highest BCUT2D eigenvalue weighted by molar-refractivity contribution is 5.96. The quantitative estimate of drug-likeness (QED) is 0.737. The van der Waals surface area contributed by atoms with Gasteiger partial charge in [-0.1, -0.05) is 19.9 Å². The number of anilines is 1. The lowest BCUT2D eigenvalue weighted by Gasteiger charge is -2.20. The fourth-order valence-corrected chi connectivity index (χ4v) is 2.11. The molecule has 1 aromatic carbocycles. The molecule has 2 N–H and O–H groups in total. The number of rotatable bonds is 7. The summed E-state index contributed by atoms with van der Waals surface area (Å²) in [6.45, 7) is 2.89. The molecule has 7 nitrogen and oxygen atoms in total. The number of benzene rings is 1. The van der Waals surface area contributed by atoms with E-state index in [1.54, 1.807) is 19.9 Å². The van der Waals surface area contributed by atoms with E-state index in [1.807, 2.05) is 0 Å². The average Bonchev–Trinajstić information content (AvgIpc) is 3.12. The van der Waals surface area contributed by atoms with E-state index in [9.17, 15) is 18.8 Å². The summed E-state index contributed by atoms with van der Waals surface area (Å²) in [4.78, 5) is 36.0. The fourth-order valence-electron chi connectivity index (χ4n) is 2.11. The van der Waals surface area contributed by atoms with Gasteiger partial charge in [-0.2, -0.15) is 0 Å². The number of hydrogen-bond acceptors (Lipinski definition) is 5. The van der Waals surface area contributed by atoms with Gasteiger partial charge in [-0.3, -0.25) is 9.59 Å². The molecule has 26 heavy (non-hydrogen) atoms. The second kappa shape index (κ2) is 8.80. The van der Waals surface area contributed by atoms with Crippen LogP contribution in [0.15, 0.2) is 47.1 Å². The summed E-state index contributed by atoms with van der Waals surface area (Å²) < 4.78 is 23.0. The van der Waals surface area contributed by atoms with Crippen LogP contribution < -0.4 is 10.6 Å². The predicted molar refractivity (Wildman–Crippen MR) is 90.8 cm³/mol. The van der Waals surface area contributed by atoms with Crippen LogP contribution >= 0.6 is 0 Å². The van der Waals surface area contributed by atoms with Crippen LogP contribution in [0.25, 0.3) is 0 Å². The number of hydrogen-bond donors (Lipinski definition) is 2. The van der Waals surface area contributed by atoms with Gasteiger partial charge in [0.2, 0.25) is 0 Å². The second-order valence-electron chi connectivity index (χ2n) is 5.84. The van der Waals surface area contributed by atoms with Gasteiger partial charge in [0.15, 0.2) is 12.4 Å². The van der Waals surface area contributed by atoms with Gasteiger partial charge in [-0.05, 0) is 36.2 Å². The molecule has 2 amide bonds. The minimum atomic E-state index is -0.949. The number of halogens is 1. The Balaban J connectivity index is 1.88. The van der Waals surface area contributed by atoms with E-state index in [-0.39, 0.29) is 17.4 Å². The highest BCUT2D eigenvalue weighted by atomic mass is 19.1. The molecular weight excluding hydrogens is 343 g/mol. The lowest BCUT2D eigenvalue weighted by molar-refractivity contribution is -0.150. The monoisotopic (exact) mass is 362 g/mol. The van der Waals surface area contributed by atoms with E-state index in [2.05, 4.69) is 10.6 Å². The smallest absolute Gasteiger partial charge is 0.329 e. The van der Waals surface area contributed by atoms with E-state index >= 15 is 0 Å². The Labute approximate surface area is 149 Å². The minimum absolute atomic E-state index is 0.0623. The molecule has 0 fully saturated rings. The van der Waals surface area contributed by atoms with Gasteiger partial charge in [0.25, 0.3) is 11.8 Å². The zero-order valence-corrected chi connectivity index (χ0v) is 14.3. The number of carbonyl (C=O) groups excluding carboxylic acids is 3. The topological polar surface area (TPSA) is 97.6 Å². The van der Waals surface area contributed by atoms with Crippen LogP contribution in [-0.4, -0.2) is 30.4 Å². The number of nitrogens with one attached hydrogen (secondary N) is 2. The van der Waals surface area contributed by atoms with Crippen molar-refractivity contribution in [3.05, 3.63) is 54.2 Å². The molecule has 0 spiro atoms. The molecule has 0 aliphatic heterocycles. The van der Waals surface area contributed by atoms with Crippen LogP contribution in [0.4, 0.5) is 10.1 Å². The van der Waals surface area contributed by atoms with Crippen molar-refractivity contribution in [3.8, 4) is 0 Å². The first kappa shape index (κ1) is 19.2. The van der Waals surface area contributed by atoms with Gasteiger partial charge in [0.05, 0.1) is 6.26 Å². The highest BCUT2D eigenvalue weighted by Crippen LogP contribution is 2.10. The molecule has 0 saturated carbocycles. The third-order valence-electron chi connectivity index (χ3n) is 3.41. The highest BCUT2D eigenvalue weighted by Gasteiger charge is 2.27. The zero-order valence-electron chi connectivity index (χ0n) is 14.3. The first-order valence-electron chi connectivity index (χ1n) is 7.93. The third-order valence-corrected chi connectivity index (χ3v) is 3.41. The van der Waals surface area contributed by atoms with E-state index in [0.29, 0.717) is 0 Å². The van der Waals surface area contributed by atoms with Crippen LogP contribution in [0.5, 0.6) is 0 Å². The van der Waals surface area contributed by atoms with E-state index < -0.39 is 36.2 Å². The zero-order chi connectivity index (χ0) is 19.1. The summed E-state index contributed by atoms with van der Waals surface area (Å²) in [5, 5.41) is 4.92. The number of amides is 2. The molecule has 1 heterocycles. The Morgan fingerprint density at radius 1 is 1.19 bits per heavy atom. The Morgan fingerprint density at radius 2 is 1.96 bits per heavy atom. The lowest BCUT2D eigenvalue weighted by atomic mass is 10.0. The van der Waals surface area contributed by atoms with E-state index in [4.69, 9.17) is 9.15 Å². The maximum absolute atomic E-state index is 13.1. The van der Waals surface area contributed by atoms with Crippen LogP contribution in [-0.2, 0) is 14.3 Å². The summed E-state index contributed by atoms with van der Waals surface area (Å²) in [7, 11) is 0. The Kier molecular flexibility index (Phi) is 6.48. The summed E-state index contributed by atoms with van der Waals surface area (Å²) >= 11 is 0. The Morgan fingerprint density at radius 3 is 2.58 bits per heavy atom. The molecule has 1 aromatic heterocycles. The first-order chi connectivity index (χ1) is 12.4. The predicted octanol–water partition coefficient (Wildman–Crippen LogP) is 2.36. The number of esters is 1. The van der Waals surface area contributed by atoms with Crippen molar-refractivity contribution >= 4 is 23.5 Å². The van der Waals surface area contributed by atoms with Gasteiger partial charge in [0, 0.05) is 5.69 Å². The van der Waals surface area contributed by atoms with Gasteiger partial charge >= 0.3 is 5.97 Å². The molecule has 0 unspecified atom stereocenters. The molecule has 2 rings (SSSR count). The van der Waals surface area contributed by atoms with Crippen LogP contribution in [0, 0.1) is 11.7 Å². The van der Waals surface area contributed by atoms with Crippen LogP contribution in [0.2, 0.25) is 0 Å². The van der Waals surface area contributed by atoms with Gasteiger partial charge in [-0.15, -0.1) is 0 Å². The van der Waals surface area contributed by atoms with Gasteiger partial charge in [-0.25, -0.2) is 9.18 Å². The molecule has 0 aliphatic carbocycles. The summed E-state index contributed by atoms with van der Waals surface area (Å²) in [6.07, 6.45) is 1.34. The normalized spacial score (nSPS) is 11.7. The molecule has 1 atom stereocenters. The van der Waals surface area contributed by atoms with Crippen molar-refractivity contribution in [2.24, 2.45) is 5.92 Å². The van der Waals surface area contributed by atoms with E-state index in [0.717, 1.165) is 6.07 Å². The molecule has 0 aliphatic rings. The third kappa shape index (κ3) is 5.44. The Hall–Kier alpha value is -3.16. The average molecular weight is 362 g/mol. The van der Waals surface area contributed by atoms with Crippen molar-refractivity contribution in [1.29, 1.82) is 0 Å². The summed E-state index contributed by atoms with van der Waals surface area (Å²) in [5.41, 5.74) is 0.248. The number of carbonyl (C=O) groups is 3. The maximum Gasteiger partial charge on any atom is 0.329 e. The van der Waals surface area contributed by atoms with Crippen molar-refractivity contribution < 1.29 is 27.9 Å². The molecule has 8 heteroatoms. The number of furan rings is 1. The summed E-state index contributed by atoms with van der Waals surface area (Å²) in [5.74, 6) is -2.65. The molecule has 0 radical (unpaired) electrons. The second-order valence-corrected chi connectivity index (χ2v) is 5.84. The van der Waals surface area contributed by atoms with Crippen molar-refractivity contribution in [3.63, 3.8) is 0 Å². The lowest BCUT2D eigenvalue weighted by Crippen LogP contribution is -2.45. The maximum atomic E-state index is 13.1. The van der Waals surface area contributed by atoms with E-state index in [1.165, 1.54) is 30.5 Å². The standard InChI is InChI=1S/C18H19FN2O5/c1-11(2)16(21-17(23)14-7-4-8-25-14)18(24)26-10-15(22)20-13-6-3-5-12(19)9-13/h3-9,11,16H,10H2,1-2H3,(H,20,22)(H,21,23)/t16-/m1/s1. The molecule has 0 saturated heterocycles. The SMILES string of the molecule is CC(C)[C@@H](NC(=O)c1ccco1)C(=O)OCC(=O)Nc1cccc(F)c1. The summed E-state index contributed by atoms with van der Waals surface area (Å²) in [6, 6.07) is 7.39. The van der Waals surface area contributed by atoms with Gasteiger partial charge < -0.3 is 19.8 Å². The van der Waals surface area contributed by atoms with Crippen LogP contribution in [0.1, 0.15) is 24.4 Å². The number of ether oxygens (including phenoxy) is 1. The fraction of sp³-hybridized carbons (Fsp3) is 0.278. The first-order valence-corrected chi connectivity index (χ1v) is 7.93. The molecule has 2 aromatic rings. The Bertz CT molecular complexity index is 774. The minimum Gasteiger partial charge on any atom is -0.459 e.